The molecule has 1 aliphatic rings. The van der Waals surface area contributed by atoms with Crippen molar-refractivity contribution in [3.63, 3.8) is 0 Å². The second-order valence-electron chi connectivity index (χ2n) is 5.04. The molecule has 1 atom stereocenters. The van der Waals surface area contributed by atoms with Crippen LogP contribution < -0.4 is 9.62 Å². The van der Waals surface area contributed by atoms with Crippen LogP contribution in [0.25, 0.3) is 0 Å². The lowest BCUT2D eigenvalue weighted by Crippen LogP contribution is -2.49. The van der Waals surface area contributed by atoms with Crippen LogP contribution in [-0.4, -0.2) is 20.4 Å². The quantitative estimate of drug-likeness (QED) is 0.945. The average molecular weight is 316 g/mol. The third-order valence-electron chi connectivity index (χ3n) is 3.64. The molecule has 114 valence electrons. The highest BCUT2D eigenvalue weighted by atomic mass is 32.2. The lowest BCUT2D eigenvalue weighted by atomic mass is 10.1. The van der Waals surface area contributed by atoms with E-state index in [1.807, 2.05) is 13.0 Å². The molecule has 1 unspecified atom stereocenters. The van der Waals surface area contributed by atoms with Crippen molar-refractivity contribution < 1.29 is 13.2 Å². The van der Waals surface area contributed by atoms with Crippen LogP contribution in [-0.2, 0) is 14.8 Å². The predicted octanol–water partition coefficient (Wildman–Crippen LogP) is 2.61. The van der Waals surface area contributed by atoms with Gasteiger partial charge in [0.05, 0.1) is 16.3 Å². The van der Waals surface area contributed by atoms with Gasteiger partial charge in [-0.15, -0.1) is 0 Å². The van der Waals surface area contributed by atoms with Crippen molar-refractivity contribution in [1.82, 2.24) is 0 Å². The molecule has 1 aliphatic heterocycles. The summed E-state index contributed by atoms with van der Waals surface area (Å²) >= 11 is 0. The highest BCUT2D eigenvalue weighted by molar-refractivity contribution is 7.93. The zero-order valence-corrected chi connectivity index (χ0v) is 12.9. The number of carbonyl (C=O) groups excluding carboxylic acids is 1. The zero-order valence-electron chi connectivity index (χ0n) is 12.1. The molecule has 1 N–H and O–H groups in total. The fraction of sp³-hybridized carbons (Fsp3) is 0.188. The fourth-order valence-corrected chi connectivity index (χ4v) is 4.00. The van der Waals surface area contributed by atoms with Crippen LogP contribution in [0.15, 0.2) is 59.5 Å². The maximum absolute atomic E-state index is 12.9. The Bertz CT molecular complexity index is 803. The number of nitrogens with zero attached hydrogens (tertiary/aromatic N) is 1. The number of benzene rings is 2. The van der Waals surface area contributed by atoms with Crippen LogP contribution in [0.3, 0.4) is 0 Å². The first-order valence-electron chi connectivity index (χ1n) is 7.05. The van der Waals surface area contributed by atoms with E-state index in [9.17, 15) is 13.2 Å². The van der Waals surface area contributed by atoms with E-state index in [0.717, 1.165) is 4.31 Å². The molecule has 2 aromatic carbocycles. The normalized spacial score (nSPS) is 17.8. The number of hydrogen-bond donors (Lipinski definition) is 1. The van der Waals surface area contributed by atoms with Crippen LogP contribution in [0.4, 0.5) is 11.4 Å². The van der Waals surface area contributed by atoms with Gasteiger partial charge in [0.25, 0.3) is 15.9 Å². The van der Waals surface area contributed by atoms with Gasteiger partial charge in [0.15, 0.2) is 0 Å². The largest absolute Gasteiger partial charge is 0.372 e. The van der Waals surface area contributed by atoms with E-state index in [1.54, 1.807) is 36.4 Å². The number of fused-ring (bicyclic) bond motifs is 1. The van der Waals surface area contributed by atoms with Crippen LogP contribution in [0.2, 0.25) is 0 Å². The molecular formula is C16H16N2O3S. The van der Waals surface area contributed by atoms with Crippen LogP contribution in [0.1, 0.15) is 13.3 Å². The third kappa shape index (κ3) is 2.25. The number of anilines is 2. The Kier molecular flexibility index (Phi) is 3.62. The summed E-state index contributed by atoms with van der Waals surface area (Å²) in [5.74, 6) is -0.454. The van der Waals surface area contributed by atoms with Gasteiger partial charge < -0.3 is 5.32 Å². The summed E-state index contributed by atoms with van der Waals surface area (Å²) in [5.41, 5.74) is 1.01. The number of rotatable bonds is 3. The highest BCUT2D eigenvalue weighted by Crippen LogP contribution is 2.35. The summed E-state index contributed by atoms with van der Waals surface area (Å²) in [7, 11) is -3.92. The lowest BCUT2D eigenvalue weighted by molar-refractivity contribution is -0.118. The van der Waals surface area contributed by atoms with Gasteiger partial charge >= 0.3 is 0 Å². The first kappa shape index (κ1) is 14.6. The molecule has 3 rings (SSSR count). The summed E-state index contributed by atoms with van der Waals surface area (Å²) in [6, 6.07) is 14.4. The van der Waals surface area contributed by atoms with E-state index in [1.165, 1.54) is 12.1 Å². The minimum Gasteiger partial charge on any atom is -0.372 e. The van der Waals surface area contributed by atoms with Crippen LogP contribution in [0.5, 0.6) is 0 Å². The molecule has 1 amide bonds. The standard InChI is InChI=1S/C16H16N2O3S/c1-2-13-16(19)18(15-11-7-6-10-14(15)17-13)22(20,21)12-8-4-3-5-9-12/h3-11,13,17H,2H2,1H3. The Balaban J connectivity index is 2.18. The van der Waals surface area contributed by atoms with Crippen molar-refractivity contribution in [2.75, 3.05) is 9.62 Å². The minimum absolute atomic E-state index is 0.106. The second kappa shape index (κ2) is 5.46. The van der Waals surface area contributed by atoms with Gasteiger partial charge in [-0.05, 0) is 30.7 Å². The first-order valence-corrected chi connectivity index (χ1v) is 8.49. The number of carbonyl (C=O) groups is 1. The molecule has 0 aromatic heterocycles. The van der Waals surface area contributed by atoms with E-state index in [4.69, 9.17) is 0 Å². The summed E-state index contributed by atoms with van der Waals surface area (Å²) in [5, 5.41) is 3.09. The maximum atomic E-state index is 12.9. The molecule has 0 spiro atoms. The number of hydrogen-bond acceptors (Lipinski definition) is 4. The van der Waals surface area contributed by atoms with Gasteiger partial charge in [-0.25, -0.2) is 8.42 Å². The topological polar surface area (TPSA) is 66.5 Å². The maximum Gasteiger partial charge on any atom is 0.271 e. The Morgan fingerprint density at radius 2 is 1.68 bits per heavy atom. The van der Waals surface area contributed by atoms with E-state index in [2.05, 4.69) is 5.32 Å². The van der Waals surface area contributed by atoms with Crippen molar-refractivity contribution in [3.05, 3.63) is 54.6 Å². The molecule has 0 fully saturated rings. The number of nitrogens with one attached hydrogen (secondary N) is 1. The molecule has 22 heavy (non-hydrogen) atoms. The summed E-state index contributed by atoms with van der Waals surface area (Å²) in [6.07, 6.45) is 0.508. The van der Waals surface area contributed by atoms with Crippen molar-refractivity contribution in [2.24, 2.45) is 0 Å². The Hall–Kier alpha value is -2.34. The van der Waals surface area contributed by atoms with Crippen molar-refractivity contribution >= 4 is 27.3 Å². The van der Waals surface area contributed by atoms with E-state index >= 15 is 0 Å². The molecule has 0 saturated carbocycles. The molecular weight excluding hydrogens is 300 g/mol. The van der Waals surface area contributed by atoms with Gasteiger partial charge in [-0.2, -0.15) is 4.31 Å². The lowest BCUT2D eigenvalue weighted by Gasteiger charge is -2.34. The molecule has 0 radical (unpaired) electrons. The Morgan fingerprint density at radius 1 is 1.05 bits per heavy atom. The molecule has 0 bridgehead atoms. The molecule has 0 aliphatic carbocycles. The zero-order chi connectivity index (χ0) is 15.7. The van der Waals surface area contributed by atoms with Crippen molar-refractivity contribution in [1.29, 1.82) is 0 Å². The average Bonchev–Trinajstić information content (AvgIpc) is 2.54. The van der Waals surface area contributed by atoms with Crippen molar-refractivity contribution in [2.45, 2.75) is 24.3 Å². The Morgan fingerprint density at radius 3 is 2.36 bits per heavy atom. The molecule has 5 nitrogen and oxygen atoms in total. The summed E-state index contributed by atoms with van der Waals surface area (Å²) in [6.45, 7) is 1.84. The van der Waals surface area contributed by atoms with Gasteiger partial charge in [-0.1, -0.05) is 37.3 Å². The fourth-order valence-electron chi connectivity index (χ4n) is 2.50. The number of para-hydroxylation sites is 2. The molecule has 1 heterocycles. The smallest absolute Gasteiger partial charge is 0.271 e. The third-order valence-corrected chi connectivity index (χ3v) is 5.37. The monoisotopic (exact) mass is 316 g/mol. The first-order chi connectivity index (χ1) is 10.6. The van der Waals surface area contributed by atoms with Crippen molar-refractivity contribution in [3.8, 4) is 0 Å². The van der Waals surface area contributed by atoms with Gasteiger partial charge in [0.2, 0.25) is 0 Å². The second-order valence-corrected chi connectivity index (χ2v) is 6.83. The van der Waals surface area contributed by atoms with Crippen LogP contribution in [0, 0.1) is 0 Å². The summed E-state index contributed by atoms with van der Waals surface area (Å²) < 4.78 is 26.7. The number of sulfonamides is 1. The molecule has 6 heteroatoms. The number of amides is 1. The molecule has 2 aromatic rings. The van der Waals surface area contributed by atoms with Gasteiger partial charge in [0.1, 0.15) is 6.04 Å². The van der Waals surface area contributed by atoms with Gasteiger partial charge in [0, 0.05) is 0 Å². The summed E-state index contributed by atoms with van der Waals surface area (Å²) in [4.78, 5) is 12.7. The van der Waals surface area contributed by atoms with E-state index < -0.39 is 22.0 Å². The van der Waals surface area contributed by atoms with Crippen LogP contribution >= 0.6 is 0 Å². The highest BCUT2D eigenvalue weighted by Gasteiger charge is 2.39. The van der Waals surface area contributed by atoms with E-state index in [0.29, 0.717) is 17.8 Å². The predicted molar refractivity (Wildman–Crippen MR) is 85.3 cm³/mol. The van der Waals surface area contributed by atoms with Gasteiger partial charge in [-0.3, -0.25) is 4.79 Å². The molecule has 0 saturated heterocycles. The minimum atomic E-state index is -3.92. The SMILES string of the molecule is CCC1Nc2ccccc2N(S(=O)(=O)c2ccccc2)C1=O. The Labute approximate surface area is 129 Å². The van der Waals surface area contributed by atoms with E-state index in [-0.39, 0.29) is 4.90 Å².